The van der Waals surface area contributed by atoms with E-state index in [4.69, 9.17) is 0 Å². The van der Waals surface area contributed by atoms with Gasteiger partial charge >= 0.3 is 0 Å². The Morgan fingerprint density at radius 3 is 2.39 bits per heavy atom. The third-order valence-corrected chi connectivity index (χ3v) is 2.62. The van der Waals surface area contributed by atoms with Crippen LogP contribution in [0.5, 0.6) is 0 Å². The van der Waals surface area contributed by atoms with Gasteiger partial charge in [0.05, 0.1) is 0 Å². The molecule has 96 valence electrons. The minimum Gasteiger partial charge on any atom is -0.349 e. The Labute approximate surface area is 106 Å². The van der Waals surface area contributed by atoms with Crippen molar-refractivity contribution in [3.63, 3.8) is 0 Å². The highest BCUT2D eigenvalue weighted by atomic mass is 16.2. The van der Waals surface area contributed by atoms with E-state index >= 15 is 0 Å². The first kappa shape index (κ1) is 13.9. The smallest absolute Gasteiger partial charge is 0.284 e. The molecule has 2 amide bonds. The Hall–Kier alpha value is -2.17. The molecular formula is C13H16N2O3. The van der Waals surface area contributed by atoms with Gasteiger partial charge in [-0.25, -0.2) is 0 Å². The summed E-state index contributed by atoms with van der Waals surface area (Å²) in [7, 11) is 1.71. The van der Waals surface area contributed by atoms with Crippen LogP contribution in [-0.2, 0) is 20.8 Å². The number of aldehydes is 1. The molecular weight excluding hydrogens is 232 g/mol. The Balaban J connectivity index is 2.53. The van der Waals surface area contributed by atoms with E-state index in [0.29, 0.717) is 13.0 Å². The molecule has 0 radical (unpaired) electrons. The molecule has 1 aromatic rings. The monoisotopic (exact) mass is 248 g/mol. The molecule has 0 fully saturated rings. The maximum absolute atomic E-state index is 11.2. The van der Waals surface area contributed by atoms with Crippen LogP contribution in [0.15, 0.2) is 24.3 Å². The van der Waals surface area contributed by atoms with E-state index in [1.165, 1.54) is 6.92 Å². The van der Waals surface area contributed by atoms with E-state index in [9.17, 15) is 14.4 Å². The van der Waals surface area contributed by atoms with E-state index in [1.54, 1.807) is 11.9 Å². The van der Waals surface area contributed by atoms with E-state index in [-0.39, 0.29) is 12.2 Å². The minimum atomic E-state index is -0.608. The molecule has 0 aliphatic rings. The van der Waals surface area contributed by atoms with Crippen LogP contribution >= 0.6 is 0 Å². The maximum atomic E-state index is 11.2. The van der Waals surface area contributed by atoms with Crippen molar-refractivity contribution in [3.05, 3.63) is 29.8 Å². The summed E-state index contributed by atoms with van der Waals surface area (Å²) in [4.78, 5) is 33.5. The van der Waals surface area contributed by atoms with E-state index in [1.807, 2.05) is 24.3 Å². The summed E-state index contributed by atoms with van der Waals surface area (Å²) in [6.07, 6.45) is 0.897. The molecule has 0 aromatic heterocycles. The topological polar surface area (TPSA) is 66.5 Å². The summed E-state index contributed by atoms with van der Waals surface area (Å²) in [5, 5.41) is 2.46. The predicted octanol–water partition coefficient (Wildman–Crippen LogP) is 0.527. The van der Waals surface area contributed by atoms with Gasteiger partial charge in [-0.3, -0.25) is 14.4 Å². The van der Waals surface area contributed by atoms with Gasteiger partial charge in [0.1, 0.15) is 0 Å². The molecule has 5 heteroatoms. The highest BCUT2D eigenvalue weighted by Crippen LogP contribution is 2.14. The van der Waals surface area contributed by atoms with Crippen molar-refractivity contribution >= 4 is 23.8 Å². The van der Waals surface area contributed by atoms with Gasteiger partial charge in [0.15, 0.2) is 0 Å². The van der Waals surface area contributed by atoms with Crippen molar-refractivity contribution in [1.29, 1.82) is 0 Å². The molecule has 0 saturated carbocycles. The van der Waals surface area contributed by atoms with Crippen LogP contribution in [0.4, 0.5) is 5.69 Å². The van der Waals surface area contributed by atoms with Gasteiger partial charge in [-0.1, -0.05) is 12.1 Å². The lowest BCUT2D eigenvalue weighted by molar-refractivity contribution is -0.131. The molecule has 0 bridgehead atoms. The van der Waals surface area contributed by atoms with Gasteiger partial charge in [-0.15, -0.1) is 0 Å². The summed E-state index contributed by atoms with van der Waals surface area (Å²) in [6, 6.07) is 7.47. The van der Waals surface area contributed by atoms with Crippen LogP contribution < -0.4 is 10.2 Å². The molecule has 0 aliphatic heterocycles. The highest BCUT2D eigenvalue weighted by molar-refractivity contribution is 6.23. The SMILES string of the molecule is CC(=O)N(C)c1ccc(CCNC(=O)C=O)cc1. The van der Waals surface area contributed by atoms with Gasteiger partial charge in [0, 0.05) is 26.2 Å². The zero-order valence-electron chi connectivity index (χ0n) is 10.5. The zero-order valence-corrected chi connectivity index (χ0v) is 10.5. The van der Waals surface area contributed by atoms with Crippen LogP contribution in [0, 0.1) is 0 Å². The number of carbonyl (C=O) groups is 3. The van der Waals surface area contributed by atoms with Gasteiger partial charge in [-0.2, -0.15) is 0 Å². The second-order valence-electron chi connectivity index (χ2n) is 3.90. The van der Waals surface area contributed by atoms with Gasteiger partial charge in [0.25, 0.3) is 5.91 Å². The lowest BCUT2D eigenvalue weighted by atomic mass is 10.1. The number of hydrogen-bond acceptors (Lipinski definition) is 3. The quantitative estimate of drug-likeness (QED) is 0.610. The lowest BCUT2D eigenvalue weighted by Gasteiger charge is -2.15. The molecule has 0 unspecified atom stereocenters. The molecule has 0 saturated heterocycles. The predicted molar refractivity (Wildman–Crippen MR) is 68.3 cm³/mol. The zero-order chi connectivity index (χ0) is 13.5. The molecule has 0 aliphatic carbocycles. The second kappa shape index (κ2) is 6.54. The van der Waals surface area contributed by atoms with Crippen molar-refractivity contribution in [2.45, 2.75) is 13.3 Å². The van der Waals surface area contributed by atoms with E-state index < -0.39 is 5.91 Å². The molecule has 5 nitrogen and oxygen atoms in total. The largest absolute Gasteiger partial charge is 0.349 e. The van der Waals surface area contributed by atoms with Crippen LogP contribution in [0.25, 0.3) is 0 Å². The Morgan fingerprint density at radius 1 is 1.28 bits per heavy atom. The first-order chi connectivity index (χ1) is 8.54. The Bertz CT molecular complexity index is 440. The summed E-state index contributed by atoms with van der Waals surface area (Å²) in [5.41, 5.74) is 1.85. The number of anilines is 1. The third kappa shape index (κ3) is 4.01. The van der Waals surface area contributed by atoms with Gasteiger partial charge in [0.2, 0.25) is 12.2 Å². The van der Waals surface area contributed by atoms with Crippen molar-refractivity contribution in [3.8, 4) is 0 Å². The normalized spacial score (nSPS) is 9.67. The number of carbonyl (C=O) groups excluding carboxylic acids is 3. The fourth-order valence-corrected chi connectivity index (χ4v) is 1.44. The molecule has 0 atom stereocenters. The Kier molecular flexibility index (Phi) is 5.05. The van der Waals surface area contributed by atoms with Crippen LogP contribution in [0.1, 0.15) is 12.5 Å². The maximum Gasteiger partial charge on any atom is 0.284 e. The summed E-state index contributed by atoms with van der Waals surface area (Å²) in [5.74, 6) is -0.635. The third-order valence-electron chi connectivity index (χ3n) is 2.62. The van der Waals surface area contributed by atoms with Crippen LogP contribution in [0.2, 0.25) is 0 Å². The van der Waals surface area contributed by atoms with Gasteiger partial charge in [-0.05, 0) is 24.1 Å². The van der Waals surface area contributed by atoms with Crippen molar-refractivity contribution in [1.82, 2.24) is 5.32 Å². The summed E-state index contributed by atoms with van der Waals surface area (Å²) >= 11 is 0. The second-order valence-corrected chi connectivity index (χ2v) is 3.90. The molecule has 0 spiro atoms. The van der Waals surface area contributed by atoms with E-state index in [0.717, 1.165) is 11.3 Å². The first-order valence-electron chi connectivity index (χ1n) is 5.61. The molecule has 1 rings (SSSR count). The minimum absolute atomic E-state index is 0.0269. The van der Waals surface area contributed by atoms with Crippen LogP contribution in [0.3, 0.4) is 0 Å². The van der Waals surface area contributed by atoms with Crippen LogP contribution in [-0.4, -0.2) is 31.7 Å². The highest BCUT2D eigenvalue weighted by Gasteiger charge is 2.04. The number of hydrogen-bond donors (Lipinski definition) is 1. The average molecular weight is 248 g/mol. The van der Waals surface area contributed by atoms with Crippen molar-refractivity contribution in [2.24, 2.45) is 0 Å². The summed E-state index contributed by atoms with van der Waals surface area (Å²) in [6.45, 7) is 1.92. The molecule has 1 N–H and O–H groups in total. The summed E-state index contributed by atoms with van der Waals surface area (Å²) < 4.78 is 0. The number of nitrogens with zero attached hydrogens (tertiary/aromatic N) is 1. The number of rotatable bonds is 5. The fourth-order valence-electron chi connectivity index (χ4n) is 1.44. The first-order valence-corrected chi connectivity index (χ1v) is 5.61. The lowest BCUT2D eigenvalue weighted by Crippen LogP contribution is -2.26. The number of amides is 2. The molecule has 18 heavy (non-hydrogen) atoms. The number of nitrogens with one attached hydrogen (secondary N) is 1. The van der Waals surface area contributed by atoms with E-state index in [2.05, 4.69) is 5.32 Å². The standard InChI is InChI=1S/C13H16N2O3/c1-10(17)15(2)12-5-3-11(4-6-12)7-8-14-13(18)9-16/h3-6,9H,7-8H2,1-2H3,(H,14,18). The van der Waals surface area contributed by atoms with Crippen molar-refractivity contribution in [2.75, 3.05) is 18.5 Å². The van der Waals surface area contributed by atoms with Crippen molar-refractivity contribution < 1.29 is 14.4 Å². The molecule has 1 aromatic carbocycles. The molecule has 0 heterocycles. The number of benzene rings is 1. The van der Waals surface area contributed by atoms with Gasteiger partial charge < -0.3 is 10.2 Å². The average Bonchev–Trinajstić information content (AvgIpc) is 2.38. The Morgan fingerprint density at radius 2 is 1.89 bits per heavy atom. The fraction of sp³-hybridized carbons (Fsp3) is 0.308.